The average molecular weight is 298 g/mol. The van der Waals surface area contributed by atoms with Crippen LogP contribution in [-0.4, -0.2) is 19.2 Å². The Morgan fingerprint density at radius 2 is 1.89 bits per heavy atom. The van der Waals surface area contributed by atoms with Crippen LogP contribution in [-0.2, 0) is 10.0 Å². The van der Waals surface area contributed by atoms with E-state index in [0.717, 1.165) is 36.3 Å². The number of para-hydroxylation sites is 1. The molecule has 1 heterocycles. The van der Waals surface area contributed by atoms with Gasteiger partial charge < -0.3 is 5.32 Å². The van der Waals surface area contributed by atoms with E-state index in [1.54, 1.807) is 0 Å². The molecular formula is C13H18N2O2S2. The zero-order chi connectivity index (χ0) is 13.3. The van der Waals surface area contributed by atoms with Crippen LogP contribution >= 0.6 is 11.8 Å². The number of sulfonamides is 1. The Labute approximate surface area is 118 Å². The fourth-order valence-electron chi connectivity index (χ4n) is 2.62. The molecule has 104 valence electrons. The van der Waals surface area contributed by atoms with Crippen LogP contribution in [0.25, 0.3) is 0 Å². The zero-order valence-corrected chi connectivity index (χ0v) is 12.3. The van der Waals surface area contributed by atoms with Crippen molar-refractivity contribution >= 4 is 27.5 Å². The van der Waals surface area contributed by atoms with E-state index in [-0.39, 0.29) is 6.04 Å². The largest absolute Gasteiger partial charge is 0.359 e. The molecule has 2 aliphatic rings. The second kappa shape index (κ2) is 5.34. The minimum atomic E-state index is -3.33. The Morgan fingerprint density at radius 1 is 1.16 bits per heavy atom. The second-order valence-electron chi connectivity index (χ2n) is 5.09. The Balaban J connectivity index is 1.69. The van der Waals surface area contributed by atoms with Crippen molar-refractivity contribution in [2.45, 2.75) is 47.7 Å². The van der Waals surface area contributed by atoms with Crippen LogP contribution in [0, 0.1) is 0 Å². The van der Waals surface area contributed by atoms with Crippen molar-refractivity contribution in [3.63, 3.8) is 0 Å². The maximum Gasteiger partial charge on any atom is 0.243 e. The molecule has 0 bridgehead atoms. The molecule has 1 aromatic rings. The Kier molecular flexibility index (Phi) is 3.73. The number of hydrogen-bond acceptors (Lipinski definition) is 4. The van der Waals surface area contributed by atoms with E-state index < -0.39 is 14.7 Å². The number of rotatable bonds is 3. The molecule has 19 heavy (non-hydrogen) atoms. The molecule has 1 atom stereocenters. The van der Waals surface area contributed by atoms with Gasteiger partial charge in [-0.05, 0) is 25.0 Å². The molecular weight excluding hydrogens is 280 g/mol. The van der Waals surface area contributed by atoms with Gasteiger partial charge in [-0.15, -0.1) is 0 Å². The minimum Gasteiger partial charge on any atom is -0.359 e. The average Bonchev–Trinajstić information content (AvgIpc) is 2.84. The van der Waals surface area contributed by atoms with Crippen LogP contribution in [0.2, 0.25) is 0 Å². The van der Waals surface area contributed by atoms with E-state index >= 15 is 0 Å². The molecule has 0 radical (unpaired) electrons. The molecule has 3 rings (SSSR count). The lowest BCUT2D eigenvalue weighted by atomic mass is 9.96. The highest BCUT2D eigenvalue weighted by molar-refractivity contribution is 8.13. The van der Waals surface area contributed by atoms with Crippen molar-refractivity contribution < 1.29 is 8.42 Å². The van der Waals surface area contributed by atoms with Gasteiger partial charge in [0, 0.05) is 16.6 Å². The molecule has 1 fully saturated rings. The number of fused-ring (bicyclic) bond motifs is 1. The van der Waals surface area contributed by atoms with Crippen LogP contribution in [0.5, 0.6) is 0 Å². The van der Waals surface area contributed by atoms with E-state index in [1.807, 2.05) is 24.3 Å². The van der Waals surface area contributed by atoms with Gasteiger partial charge in [-0.25, -0.2) is 13.1 Å². The quantitative estimate of drug-likeness (QED) is 0.901. The molecule has 1 aromatic carbocycles. The molecule has 0 spiro atoms. The third-order valence-corrected chi connectivity index (χ3v) is 6.95. The molecule has 1 aliphatic carbocycles. The Bertz CT molecular complexity index is 529. The normalized spacial score (nSPS) is 23.9. The summed E-state index contributed by atoms with van der Waals surface area (Å²) in [5.41, 5.74) is 0.909. The summed E-state index contributed by atoms with van der Waals surface area (Å²) in [5.74, 6) is 0. The third-order valence-electron chi connectivity index (χ3n) is 3.61. The minimum absolute atomic E-state index is 0.116. The summed E-state index contributed by atoms with van der Waals surface area (Å²) in [6.45, 7) is 0. The van der Waals surface area contributed by atoms with Crippen molar-refractivity contribution in [3.05, 3.63) is 24.3 Å². The number of hydrogen-bond donors (Lipinski definition) is 2. The zero-order valence-electron chi connectivity index (χ0n) is 10.6. The summed E-state index contributed by atoms with van der Waals surface area (Å²) in [6.07, 6.45) is 5.39. The number of thioether (sulfide) groups is 1. The lowest BCUT2D eigenvalue weighted by Gasteiger charge is -2.24. The number of anilines is 1. The second-order valence-corrected chi connectivity index (χ2v) is 8.33. The third kappa shape index (κ3) is 2.90. The van der Waals surface area contributed by atoms with Gasteiger partial charge in [0.25, 0.3) is 0 Å². The number of benzene rings is 1. The summed E-state index contributed by atoms with van der Waals surface area (Å²) >= 11 is 1.37. The van der Waals surface area contributed by atoms with Crippen molar-refractivity contribution in [1.82, 2.24) is 4.72 Å². The van der Waals surface area contributed by atoms with Crippen LogP contribution in [0.1, 0.15) is 32.1 Å². The van der Waals surface area contributed by atoms with Crippen LogP contribution < -0.4 is 10.0 Å². The first-order chi connectivity index (χ1) is 9.15. The van der Waals surface area contributed by atoms with Gasteiger partial charge in [-0.1, -0.05) is 43.2 Å². The highest BCUT2D eigenvalue weighted by atomic mass is 32.3. The molecule has 0 saturated heterocycles. The number of nitrogens with one attached hydrogen (secondary N) is 2. The first-order valence-corrected chi connectivity index (χ1v) is 9.11. The Hall–Kier alpha value is -0.720. The topological polar surface area (TPSA) is 58.2 Å². The van der Waals surface area contributed by atoms with Crippen LogP contribution in [0.3, 0.4) is 0 Å². The molecule has 0 aromatic heterocycles. The molecule has 6 heteroatoms. The molecule has 0 amide bonds. The summed E-state index contributed by atoms with van der Waals surface area (Å²) in [6, 6.07) is 7.82. The van der Waals surface area contributed by atoms with Gasteiger partial charge >= 0.3 is 0 Å². The van der Waals surface area contributed by atoms with Crippen molar-refractivity contribution in [2.24, 2.45) is 0 Å². The summed E-state index contributed by atoms with van der Waals surface area (Å²) in [4.78, 5) is 1.00. The molecule has 1 unspecified atom stereocenters. The van der Waals surface area contributed by atoms with E-state index in [9.17, 15) is 8.42 Å². The van der Waals surface area contributed by atoms with Crippen molar-refractivity contribution in [3.8, 4) is 0 Å². The fraction of sp³-hybridized carbons (Fsp3) is 0.538. The summed E-state index contributed by atoms with van der Waals surface area (Å²) in [7, 11) is -3.33. The van der Waals surface area contributed by atoms with E-state index in [1.165, 1.54) is 18.2 Å². The van der Waals surface area contributed by atoms with E-state index in [2.05, 4.69) is 10.0 Å². The summed E-state index contributed by atoms with van der Waals surface area (Å²) < 4.78 is 27.0. The maximum atomic E-state index is 12.4. The van der Waals surface area contributed by atoms with Crippen LogP contribution in [0.15, 0.2) is 29.2 Å². The van der Waals surface area contributed by atoms with Gasteiger partial charge in [-0.2, -0.15) is 0 Å². The van der Waals surface area contributed by atoms with Crippen molar-refractivity contribution in [2.75, 3.05) is 5.32 Å². The maximum absolute atomic E-state index is 12.4. The molecule has 4 nitrogen and oxygen atoms in total. The SMILES string of the molecule is O=S(=O)(NC1CCCCC1)C1Nc2ccccc2S1. The van der Waals surface area contributed by atoms with Gasteiger partial charge in [0.1, 0.15) is 0 Å². The molecule has 2 N–H and O–H groups in total. The highest BCUT2D eigenvalue weighted by Gasteiger charge is 2.34. The van der Waals surface area contributed by atoms with Gasteiger partial charge in [0.05, 0.1) is 0 Å². The van der Waals surface area contributed by atoms with Gasteiger partial charge in [0.15, 0.2) is 4.71 Å². The summed E-state index contributed by atoms with van der Waals surface area (Å²) in [5, 5.41) is 3.08. The standard InChI is InChI=1S/C13H18N2O2S2/c16-19(17,15-10-6-2-1-3-7-10)13-14-11-8-4-5-9-12(11)18-13/h4-5,8-10,13-15H,1-3,6-7H2. The van der Waals surface area contributed by atoms with Crippen LogP contribution in [0.4, 0.5) is 5.69 Å². The predicted molar refractivity (Wildman–Crippen MR) is 78.6 cm³/mol. The predicted octanol–water partition coefficient (Wildman–Crippen LogP) is 2.74. The van der Waals surface area contributed by atoms with E-state index in [0.29, 0.717) is 0 Å². The first-order valence-electron chi connectivity index (χ1n) is 6.68. The lowest BCUT2D eigenvalue weighted by Crippen LogP contribution is -2.42. The van der Waals surface area contributed by atoms with Crippen molar-refractivity contribution in [1.29, 1.82) is 0 Å². The smallest absolute Gasteiger partial charge is 0.243 e. The van der Waals surface area contributed by atoms with Gasteiger partial charge in [-0.3, -0.25) is 0 Å². The van der Waals surface area contributed by atoms with Gasteiger partial charge in [0.2, 0.25) is 10.0 Å². The fourth-order valence-corrected chi connectivity index (χ4v) is 5.53. The highest BCUT2D eigenvalue weighted by Crippen LogP contribution is 2.40. The Morgan fingerprint density at radius 3 is 2.63 bits per heavy atom. The monoisotopic (exact) mass is 298 g/mol. The lowest BCUT2D eigenvalue weighted by molar-refractivity contribution is 0.412. The first kappa shape index (κ1) is 13.3. The van der Waals surface area contributed by atoms with E-state index in [4.69, 9.17) is 0 Å². The molecule has 1 saturated carbocycles. The molecule has 1 aliphatic heterocycles.